The van der Waals surface area contributed by atoms with Crippen molar-refractivity contribution in [3.63, 3.8) is 0 Å². The molecule has 0 aromatic heterocycles. The molecular formula is C11H18N2O5. The highest BCUT2D eigenvalue weighted by molar-refractivity contribution is 5.79. The first-order valence-corrected chi connectivity index (χ1v) is 5.74. The van der Waals surface area contributed by atoms with Gasteiger partial charge >= 0.3 is 5.97 Å². The molecular weight excluding hydrogens is 240 g/mol. The fraction of sp³-hybridized carbons (Fsp3) is 0.727. The number of hydrogen-bond donors (Lipinski definition) is 2. The molecule has 0 saturated carbocycles. The zero-order chi connectivity index (χ0) is 13.7. The molecule has 0 aromatic rings. The van der Waals surface area contributed by atoms with Gasteiger partial charge in [0.25, 0.3) is 0 Å². The molecule has 0 aliphatic carbocycles. The van der Waals surface area contributed by atoms with Crippen molar-refractivity contribution in [1.82, 2.24) is 10.2 Å². The third-order valence-electron chi connectivity index (χ3n) is 2.97. The molecule has 1 heterocycles. The third kappa shape index (κ3) is 3.69. The molecule has 1 aliphatic heterocycles. The Morgan fingerprint density at radius 2 is 2.06 bits per heavy atom. The molecule has 1 aliphatic rings. The Balaban J connectivity index is 2.47. The number of aliphatic carboxylic acids is 1. The van der Waals surface area contributed by atoms with Crippen LogP contribution < -0.4 is 5.32 Å². The van der Waals surface area contributed by atoms with Crippen LogP contribution in [0.3, 0.4) is 0 Å². The minimum absolute atomic E-state index is 0.128. The first kappa shape index (κ1) is 14.4. The Labute approximate surface area is 105 Å². The molecule has 7 nitrogen and oxygen atoms in total. The molecule has 0 bridgehead atoms. The van der Waals surface area contributed by atoms with Gasteiger partial charge in [0.15, 0.2) is 0 Å². The monoisotopic (exact) mass is 258 g/mol. The number of likely N-dealkylation sites (N-methyl/N-ethyl adjacent to an activating group) is 1. The van der Waals surface area contributed by atoms with Crippen molar-refractivity contribution >= 4 is 17.8 Å². The van der Waals surface area contributed by atoms with Crippen LogP contribution in [0.2, 0.25) is 0 Å². The van der Waals surface area contributed by atoms with Gasteiger partial charge in [0.1, 0.15) is 5.92 Å². The fourth-order valence-electron chi connectivity index (χ4n) is 1.87. The average molecular weight is 258 g/mol. The van der Waals surface area contributed by atoms with E-state index in [4.69, 9.17) is 9.84 Å². The van der Waals surface area contributed by atoms with E-state index in [2.05, 4.69) is 5.32 Å². The van der Waals surface area contributed by atoms with E-state index in [9.17, 15) is 14.4 Å². The molecule has 1 rings (SSSR count). The Bertz CT molecular complexity index is 344. The smallest absolute Gasteiger partial charge is 0.311 e. The van der Waals surface area contributed by atoms with Crippen molar-refractivity contribution in [2.75, 3.05) is 26.8 Å². The van der Waals surface area contributed by atoms with E-state index < -0.39 is 17.9 Å². The van der Waals surface area contributed by atoms with E-state index in [1.807, 2.05) is 0 Å². The molecule has 2 N–H and O–H groups in total. The summed E-state index contributed by atoms with van der Waals surface area (Å²) in [4.78, 5) is 34.8. The minimum atomic E-state index is -0.959. The highest BCUT2D eigenvalue weighted by Gasteiger charge is 2.38. The molecule has 1 saturated heterocycles. The summed E-state index contributed by atoms with van der Waals surface area (Å²) in [5, 5.41) is 11.5. The number of carbonyl (C=O) groups excluding carboxylic acids is 2. The van der Waals surface area contributed by atoms with E-state index in [1.165, 1.54) is 11.8 Å². The predicted molar refractivity (Wildman–Crippen MR) is 61.8 cm³/mol. The van der Waals surface area contributed by atoms with E-state index in [0.29, 0.717) is 0 Å². The van der Waals surface area contributed by atoms with Gasteiger partial charge in [-0.3, -0.25) is 14.4 Å². The van der Waals surface area contributed by atoms with Crippen molar-refractivity contribution < 1.29 is 24.2 Å². The van der Waals surface area contributed by atoms with Crippen LogP contribution in [0.1, 0.15) is 13.3 Å². The van der Waals surface area contributed by atoms with Gasteiger partial charge in [0.05, 0.1) is 19.3 Å². The average Bonchev–Trinajstić information content (AvgIpc) is 2.76. The lowest BCUT2D eigenvalue weighted by Gasteiger charge is -2.26. The molecule has 0 spiro atoms. The zero-order valence-electron chi connectivity index (χ0n) is 10.5. The van der Waals surface area contributed by atoms with Crippen LogP contribution in [0.4, 0.5) is 0 Å². The second kappa shape index (κ2) is 6.34. The summed E-state index contributed by atoms with van der Waals surface area (Å²) >= 11 is 0. The van der Waals surface area contributed by atoms with E-state index >= 15 is 0 Å². The van der Waals surface area contributed by atoms with Gasteiger partial charge in [-0.1, -0.05) is 0 Å². The molecule has 0 aromatic carbocycles. The van der Waals surface area contributed by atoms with Crippen molar-refractivity contribution in [1.29, 1.82) is 0 Å². The molecule has 18 heavy (non-hydrogen) atoms. The number of nitrogens with one attached hydrogen (secondary N) is 1. The van der Waals surface area contributed by atoms with Gasteiger partial charge in [-0.2, -0.15) is 0 Å². The number of ether oxygens (including phenoxy) is 1. The summed E-state index contributed by atoms with van der Waals surface area (Å²) in [7, 11) is 1.56. The summed E-state index contributed by atoms with van der Waals surface area (Å²) in [5.41, 5.74) is 0. The highest BCUT2D eigenvalue weighted by Crippen LogP contribution is 2.19. The van der Waals surface area contributed by atoms with Crippen LogP contribution in [0.15, 0.2) is 0 Å². The number of nitrogens with zero attached hydrogens (tertiary/aromatic N) is 1. The Hall–Kier alpha value is -1.63. The van der Waals surface area contributed by atoms with Crippen LogP contribution >= 0.6 is 0 Å². The van der Waals surface area contributed by atoms with Crippen LogP contribution in [0.5, 0.6) is 0 Å². The van der Waals surface area contributed by atoms with E-state index in [1.54, 1.807) is 7.05 Å². The van der Waals surface area contributed by atoms with Gasteiger partial charge < -0.3 is 20.1 Å². The number of carbonyl (C=O) groups is 3. The summed E-state index contributed by atoms with van der Waals surface area (Å²) in [6, 6.07) is -0.438. The lowest BCUT2D eigenvalue weighted by Crippen LogP contribution is -2.44. The second-order valence-electron chi connectivity index (χ2n) is 4.29. The van der Waals surface area contributed by atoms with Crippen molar-refractivity contribution in [2.24, 2.45) is 5.92 Å². The van der Waals surface area contributed by atoms with Crippen LogP contribution in [-0.4, -0.2) is 60.6 Å². The summed E-state index contributed by atoms with van der Waals surface area (Å²) in [6.07, 6.45) is 0.152. The van der Waals surface area contributed by atoms with Crippen LogP contribution in [0, 0.1) is 5.92 Å². The van der Waals surface area contributed by atoms with Crippen molar-refractivity contribution in [3.8, 4) is 0 Å². The van der Waals surface area contributed by atoms with Crippen LogP contribution in [-0.2, 0) is 19.1 Å². The molecule has 0 radical (unpaired) electrons. The third-order valence-corrected chi connectivity index (χ3v) is 2.97. The molecule has 2 atom stereocenters. The maximum absolute atomic E-state index is 11.8. The fourth-order valence-corrected chi connectivity index (χ4v) is 1.87. The van der Waals surface area contributed by atoms with Gasteiger partial charge in [0, 0.05) is 26.9 Å². The van der Waals surface area contributed by atoms with Gasteiger partial charge in [-0.15, -0.1) is 0 Å². The highest BCUT2D eigenvalue weighted by atomic mass is 16.5. The lowest BCUT2D eigenvalue weighted by atomic mass is 10.0. The van der Waals surface area contributed by atoms with E-state index in [-0.39, 0.29) is 38.0 Å². The number of rotatable bonds is 5. The maximum Gasteiger partial charge on any atom is 0.311 e. The summed E-state index contributed by atoms with van der Waals surface area (Å²) in [6.45, 7) is 1.99. The zero-order valence-corrected chi connectivity index (χ0v) is 10.5. The Morgan fingerprint density at radius 3 is 2.61 bits per heavy atom. The minimum Gasteiger partial charge on any atom is -0.481 e. The Morgan fingerprint density at radius 1 is 1.39 bits per heavy atom. The van der Waals surface area contributed by atoms with Crippen molar-refractivity contribution in [3.05, 3.63) is 0 Å². The summed E-state index contributed by atoms with van der Waals surface area (Å²) < 4.78 is 5.10. The Kier molecular flexibility index (Phi) is 5.08. The summed E-state index contributed by atoms with van der Waals surface area (Å²) in [5.74, 6) is -2.04. The topological polar surface area (TPSA) is 95.9 Å². The maximum atomic E-state index is 11.8. The molecule has 7 heteroatoms. The molecule has 2 unspecified atom stereocenters. The predicted octanol–water partition coefficient (Wildman–Crippen LogP) is -0.929. The van der Waals surface area contributed by atoms with E-state index in [0.717, 1.165) is 0 Å². The largest absolute Gasteiger partial charge is 0.481 e. The standard InChI is InChI=1S/C11H18N2O5/c1-7(14)12-4-3-10(15)13(2)9-6-18-5-8(9)11(16)17/h8-9H,3-6H2,1-2H3,(H,12,14)(H,16,17). The number of hydrogen-bond acceptors (Lipinski definition) is 4. The number of amides is 2. The van der Waals surface area contributed by atoms with Gasteiger partial charge in [0.2, 0.25) is 11.8 Å². The molecule has 1 fully saturated rings. The second-order valence-corrected chi connectivity index (χ2v) is 4.29. The van der Waals surface area contributed by atoms with Gasteiger partial charge in [-0.25, -0.2) is 0 Å². The lowest BCUT2D eigenvalue weighted by molar-refractivity contribution is -0.144. The number of carboxylic acids is 1. The number of carboxylic acid groups (broad SMARTS) is 1. The van der Waals surface area contributed by atoms with Crippen LogP contribution in [0.25, 0.3) is 0 Å². The van der Waals surface area contributed by atoms with Gasteiger partial charge in [-0.05, 0) is 0 Å². The molecule has 2 amide bonds. The molecule has 102 valence electrons. The quantitative estimate of drug-likeness (QED) is 0.664. The first-order chi connectivity index (χ1) is 8.43. The van der Waals surface area contributed by atoms with Crippen molar-refractivity contribution in [2.45, 2.75) is 19.4 Å². The normalized spacial score (nSPS) is 22.6. The first-order valence-electron chi connectivity index (χ1n) is 5.74. The SMILES string of the molecule is CC(=O)NCCC(=O)N(C)C1COCC1C(=O)O.